The first-order valence-corrected chi connectivity index (χ1v) is 10.9. The highest BCUT2D eigenvalue weighted by atomic mass is 16.1. The first-order chi connectivity index (χ1) is 16.1. The van der Waals surface area contributed by atoms with Gasteiger partial charge in [0.15, 0.2) is 12.1 Å². The largest absolute Gasteiger partial charge is 0.398 e. The van der Waals surface area contributed by atoms with Crippen LogP contribution in [0.4, 0.5) is 0 Å². The number of piperidine rings is 1. The second-order valence-electron chi connectivity index (χ2n) is 7.81. The van der Waals surface area contributed by atoms with Gasteiger partial charge >= 0.3 is 0 Å². The topological polar surface area (TPSA) is 136 Å². The number of aliphatic imine (C=N–C) groups is 1. The average Bonchev–Trinajstić information content (AvgIpc) is 3.28. The first kappa shape index (κ1) is 22.2. The van der Waals surface area contributed by atoms with Crippen molar-refractivity contribution in [1.82, 2.24) is 20.5 Å². The molecule has 1 aromatic heterocycles. The van der Waals surface area contributed by atoms with E-state index in [4.69, 9.17) is 11.5 Å². The van der Waals surface area contributed by atoms with E-state index < -0.39 is 0 Å². The third-order valence-electron chi connectivity index (χ3n) is 5.60. The van der Waals surface area contributed by atoms with E-state index in [1.165, 1.54) is 0 Å². The maximum Gasteiger partial charge on any atom is 0.168 e. The van der Waals surface area contributed by atoms with Gasteiger partial charge < -0.3 is 22.2 Å². The number of hydrazone groups is 1. The van der Waals surface area contributed by atoms with E-state index in [-0.39, 0.29) is 17.6 Å². The van der Waals surface area contributed by atoms with Crippen LogP contribution in [-0.2, 0) is 4.79 Å². The molecule has 33 heavy (non-hydrogen) atoms. The number of para-hydroxylation sites is 1. The Kier molecular flexibility index (Phi) is 6.80. The van der Waals surface area contributed by atoms with Crippen molar-refractivity contribution < 1.29 is 4.79 Å². The van der Waals surface area contributed by atoms with Gasteiger partial charge in [0.2, 0.25) is 0 Å². The maximum atomic E-state index is 12.1. The smallest absolute Gasteiger partial charge is 0.168 e. The fourth-order valence-electron chi connectivity index (χ4n) is 4.00. The SMILES string of the molecule is CN/N=C(/N)C(C(C=O)=NC1CCCNC1)=C(N)c1ccc2c(cnn2-c2ccccc2)c1. The summed E-state index contributed by atoms with van der Waals surface area (Å²) in [6.07, 6.45) is 4.37. The number of amidine groups is 1. The van der Waals surface area contributed by atoms with Gasteiger partial charge in [0.25, 0.3) is 0 Å². The summed E-state index contributed by atoms with van der Waals surface area (Å²) in [5, 5.41) is 12.8. The molecule has 0 spiro atoms. The van der Waals surface area contributed by atoms with Crippen LogP contribution in [0, 0.1) is 0 Å². The molecular weight excluding hydrogens is 416 g/mol. The van der Waals surface area contributed by atoms with Gasteiger partial charge in [-0.15, -0.1) is 0 Å². The molecule has 0 aliphatic carbocycles. The van der Waals surface area contributed by atoms with Gasteiger partial charge in [-0.05, 0) is 49.2 Å². The molecule has 1 unspecified atom stereocenters. The minimum Gasteiger partial charge on any atom is -0.398 e. The van der Waals surface area contributed by atoms with E-state index in [1.807, 2.05) is 53.2 Å². The van der Waals surface area contributed by atoms with Gasteiger partial charge in [-0.25, -0.2) is 4.68 Å². The predicted molar refractivity (Wildman–Crippen MR) is 132 cm³/mol. The molecule has 1 saturated heterocycles. The van der Waals surface area contributed by atoms with Gasteiger partial charge in [0, 0.05) is 19.0 Å². The summed E-state index contributed by atoms with van der Waals surface area (Å²) in [6.45, 7) is 1.66. The van der Waals surface area contributed by atoms with Crippen LogP contribution in [0.1, 0.15) is 18.4 Å². The van der Waals surface area contributed by atoms with Crippen molar-refractivity contribution >= 4 is 34.4 Å². The molecule has 4 rings (SSSR count). The van der Waals surface area contributed by atoms with E-state index in [0.29, 0.717) is 29.7 Å². The number of nitrogens with two attached hydrogens (primary N) is 2. The standard InChI is InChI=1S/C24H28N8O/c1-27-31-24(26)22(20(15-33)30-18-6-5-11-28-14-18)23(25)16-9-10-21-17(12-16)13-29-32(21)19-7-3-2-4-8-19/h2-4,7-10,12-13,15,18,27-28H,5-6,11,14,25H2,1H3,(H2,26,31). The lowest BCUT2D eigenvalue weighted by Gasteiger charge is -2.20. The molecule has 6 N–H and O–H groups in total. The molecule has 0 saturated carbocycles. The van der Waals surface area contributed by atoms with Crippen LogP contribution >= 0.6 is 0 Å². The van der Waals surface area contributed by atoms with E-state index in [2.05, 4.69) is 25.9 Å². The number of nitrogens with one attached hydrogen (secondary N) is 2. The summed E-state index contributed by atoms with van der Waals surface area (Å²) < 4.78 is 1.87. The second kappa shape index (κ2) is 10.1. The van der Waals surface area contributed by atoms with Crippen LogP contribution in [0.3, 0.4) is 0 Å². The van der Waals surface area contributed by atoms with Gasteiger partial charge in [-0.1, -0.05) is 24.3 Å². The number of aromatic nitrogens is 2. The molecule has 9 heteroatoms. The summed E-state index contributed by atoms with van der Waals surface area (Å²) in [6, 6.07) is 15.6. The average molecular weight is 445 g/mol. The Labute approximate surface area is 192 Å². The number of benzene rings is 2. The van der Waals surface area contributed by atoms with E-state index >= 15 is 0 Å². The van der Waals surface area contributed by atoms with Crippen molar-refractivity contribution in [3.05, 3.63) is 65.9 Å². The lowest BCUT2D eigenvalue weighted by atomic mass is 10.0. The van der Waals surface area contributed by atoms with Crippen LogP contribution in [0.2, 0.25) is 0 Å². The van der Waals surface area contributed by atoms with E-state index in [1.54, 1.807) is 13.2 Å². The highest BCUT2D eigenvalue weighted by Gasteiger charge is 2.21. The Hall–Kier alpha value is -3.98. The fourth-order valence-corrected chi connectivity index (χ4v) is 4.00. The highest BCUT2D eigenvalue weighted by Crippen LogP contribution is 2.24. The Morgan fingerprint density at radius 3 is 2.76 bits per heavy atom. The molecule has 0 amide bonds. The Morgan fingerprint density at radius 1 is 1.24 bits per heavy atom. The number of aldehydes is 1. The quantitative estimate of drug-likeness (QED) is 0.189. The van der Waals surface area contributed by atoms with Gasteiger partial charge in [0.1, 0.15) is 5.71 Å². The zero-order chi connectivity index (χ0) is 23.2. The van der Waals surface area contributed by atoms with Gasteiger partial charge in [-0.3, -0.25) is 9.79 Å². The summed E-state index contributed by atoms with van der Waals surface area (Å²) in [5.41, 5.74) is 18.9. The maximum absolute atomic E-state index is 12.1. The van der Waals surface area contributed by atoms with Crippen LogP contribution in [0.25, 0.3) is 22.3 Å². The van der Waals surface area contributed by atoms with Gasteiger partial charge in [-0.2, -0.15) is 10.2 Å². The summed E-state index contributed by atoms with van der Waals surface area (Å²) >= 11 is 0. The van der Waals surface area contributed by atoms with Crippen molar-refractivity contribution in [3.8, 4) is 5.69 Å². The summed E-state index contributed by atoms with van der Waals surface area (Å²) in [7, 11) is 1.63. The number of carbonyl (C=O) groups is 1. The Balaban J connectivity index is 1.79. The van der Waals surface area contributed by atoms with E-state index in [0.717, 1.165) is 36.0 Å². The third-order valence-corrected chi connectivity index (χ3v) is 5.60. The van der Waals surface area contributed by atoms with Crippen molar-refractivity contribution in [2.24, 2.45) is 21.6 Å². The highest BCUT2D eigenvalue weighted by molar-refractivity contribution is 6.46. The van der Waals surface area contributed by atoms with Crippen molar-refractivity contribution in [3.63, 3.8) is 0 Å². The molecule has 0 radical (unpaired) electrons. The molecule has 1 atom stereocenters. The molecule has 1 aliphatic rings. The van der Waals surface area contributed by atoms with Crippen LogP contribution in [0.15, 0.2) is 70.4 Å². The normalized spacial score (nSPS) is 18.2. The number of nitrogens with zero attached hydrogens (tertiary/aromatic N) is 4. The number of fused-ring (bicyclic) bond motifs is 1. The zero-order valence-corrected chi connectivity index (χ0v) is 18.5. The monoisotopic (exact) mass is 444 g/mol. The van der Waals surface area contributed by atoms with Crippen LogP contribution in [0.5, 0.6) is 0 Å². The summed E-state index contributed by atoms with van der Waals surface area (Å²) in [5.74, 6) is 0.102. The minimum absolute atomic E-state index is 0.0179. The lowest BCUT2D eigenvalue weighted by molar-refractivity contribution is -0.102. The third kappa shape index (κ3) is 4.78. The number of hydrogen-bond donors (Lipinski definition) is 4. The van der Waals surface area contributed by atoms with Crippen LogP contribution in [-0.4, -0.2) is 53.8 Å². The Morgan fingerprint density at radius 2 is 2.06 bits per heavy atom. The molecule has 1 fully saturated rings. The van der Waals surface area contributed by atoms with Crippen molar-refractivity contribution in [1.29, 1.82) is 0 Å². The number of carbonyl (C=O) groups excluding carboxylic acids is 1. The number of hydrogen-bond acceptors (Lipinski definition) is 7. The molecule has 0 bridgehead atoms. The molecule has 3 aromatic rings. The molecule has 2 aromatic carbocycles. The van der Waals surface area contributed by atoms with Crippen molar-refractivity contribution in [2.45, 2.75) is 18.9 Å². The van der Waals surface area contributed by atoms with Gasteiger partial charge in [0.05, 0.1) is 34.7 Å². The molecule has 2 heterocycles. The molecular formula is C24H28N8O. The molecule has 170 valence electrons. The lowest BCUT2D eigenvalue weighted by Crippen LogP contribution is -2.34. The second-order valence-corrected chi connectivity index (χ2v) is 7.81. The minimum atomic E-state index is -0.0179. The zero-order valence-electron chi connectivity index (χ0n) is 18.5. The predicted octanol–water partition coefficient (Wildman–Crippen LogP) is 1.58. The molecule has 1 aliphatic heterocycles. The number of rotatable bonds is 7. The van der Waals surface area contributed by atoms with E-state index in [9.17, 15) is 4.79 Å². The summed E-state index contributed by atoms with van der Waals surface area (Å²) in [4.78, 5) is 16.7. The van der Waals surface area contributed by atoms with Crippen LogP contribution < -0.4 is 22.2 Å². The molecule has 9 nitrogen and oxygen atoms in total. The fraction of sp³-hybridized carbons (Fsp3) is 0.250. The Bertz CT molecular complexity index is 1220. The van der Waals surface area contributed by atoms with Crippen molar-refractivity contribution in [2.75, 3.05) is 20.1 Å². The first-order valence-electron chi connectivity index (χ1n) is 10.9.